The highest BCUT2D eigenvalue weighted by atomic mass is 19.3. The van der Waals surface area contributed by atoms with Crippen molar-refractivity contribution in [1.82, 2.24) is 20.3 Å². The van der Waals surface area contributed by atoms with Gasteiger partial charge in [0.15, 0.2) is 0 Å². The molecule has 24 heavy (non-hydrogen) atoms. The summed E-state index contributed by atoms with van der Waals surface area (Å²) in [5.74, 6) is -2.43. The fourth-order valence-electron chi connectivity index (χ4n) is 4.98. The van der Waals surface area contributed by atoms with Crippen molar-refractivity contribution in [3.05, 3.63) is 18.1 Å². The van der Waals surface area contributed by atoms with E-state index in [9.17, 15) is 8.78 Å². The number of aromatic amines is 1. The molecule has 2 saturated carbocycles. The van der Waals surface area contributed by atoms with Crippen molar-refractivity contribution in [3.8, 4) is 0 Å². The van der Waals surface area contributed by atoms with E-state index in [0.29, 0.717) is 29.9 Å². The monoisotopic (exact) mass is 333 g/mol. The van der Waals surface area contributed by atoms with Crippen LogP contribution < -0.4 is 10.6 Å². The molecule has 5 rings (SSSR count). The normalized spacial score (nSPS) is 34.2. The minimum absolute atomic E-state index is 0.274. The SMILES string of the molecule is FC1(F)C2CCCC21c1c[nH]c2ncnc(N[C@@H]3CCCNC3)c12. The number of piperidine rings is 1. The Bertz CT molecular complexity index is 782. The molecule has 128 valence electrons. The van der Waals surface area contributed by atoms with Gasteiger partial charge >= 0.3 is 0 Å². The van der Waals surface area contributed by atoms with Gasteiger partial charge in [0, 0.05) is 24.7 Å². The molecule has 3 atom stereocenters. The highest BCUT2D eigenvalue weighted by Gasteiger charge is 2.82. The summed E-state index contributed by atoms with van der Waals surface area (Å²) in [7, 11) is 0. The molecule has 0 aromatic carbocycles. The van der Waals surface area contributed by atoms with Gasteiger partial charge in [-0.2, -0.15) is 0 Å². The predicted octanol–water partition coefficient (Wildman–Crippen LogP) is 2.81. The zero-order valence-corrected chi connectivity index (χ0v) is 13.4. The quantitative estimate of drug-likeness (QED) is 0.808. The summed E-state index contributed by atoms with van der Waals surface area (Å²) >= 11 is 0. The molecule has 0 bridgehead atoms. The van der Waals surface area contributed by atoms with Crippen LogP contribution in [0.1, 0.15) is 37.7 Å². The molecular formula is C17H21F2N5. The van der Waals surface area contributed by atoms with Gasteiger partial charge in [-0.25, -0.2) is 18.7 Å². The van der Waals surface area contributed by atoms with Crippen molar-refractivity contribution in [2.75, 3.05) is 18.4 Å². The maximum Gasteiger partial charge on any atom is 0.262 e. The zero-order chi connectivity index (χ0) is 16.4. The van der Waals surface area contributed by atoms with Crippen molar-refractivity contribution in [2.45, 2.75) is 49.5 Å². The smallest absolute Gasteiger partial charge is 0.262 e. The van der Waals surface area contributed by atoms with Crippen LogP contribution in [0.4, 0.5) is 14.6 Å². The van der Waals surface area contributed by atoms with Crippen LogP contribution in [0.3, 0.4) is 0 Å². The average molecular weight is 333 g/mol. The van der Waals surface area contributed by atoms with Gasteiger partial charge in [-0.3, -0.25) is 0 Å². The maximum absolute atomic E-state index is 14.5. The second kappa shape index (κ2) is 4.88. The van der Waals surface area contributed by atoms with Gasteiger partial charge in [0.1, 0.15) is 17.8 Å². The zero-order valence-electron chi connectivity index (χ0n) is 13.4. The molecule has 2 unspecified atom stereocenters. The van der Waals surface area contributed by atoms with E-state index in [1.165, 1.54) is 6.33 Å². The highest BCUT2D eigenvalue weighted by Crippen LogP contribution is 2.75. The highest BCUT2D eigenvalue weighted by molar-refractivity contribution is 5.92. The van der Waals surface area contributed by atoms with Gasteiger partial charge in [0.2, 0.25) is 0 Å². The summed E-state index contributed by atoms with van der Waals surface area (Å²) in [4.78, 5) is 11.7. The van der Waals surface area contributed by atoms with Crippen molar-refractivity contribution in [2.24, 2.45) is 5.92 Å². The fraction of sp³-hybridized carbons (Fsp3) is 0.647. The number of hydrogen-bond acceptors (Lipinski definition) is 4. The molecule has 0 radical (unpaired) electrons. The predicted molar refractivity (Wildman–Crippen MR) is 87.4 cm³/mol. The number of halogens is 2. The molecule has 5 nitrogen and oxygen atoms in total. The first kappa shape index (κ1) is 14.6. The third-order valence-corrected chi connectivity index (χ3v) is 6.20. The van der Waals surface area contributed by atoms with Crippen LogP contribution in [0.5, 0.6) is 0 Å². The Labute approximate surface area is 138 Å². The van der Waals surface area contributed by atoms with E-state index in [2.05, 4.69) is 25.6 Å². The number of nitrogens with one attached hydrogen (secondary N) is 3. The van der Waals surface area contributed by atoms with E-state index in [1.54, 1.807) is 6.20 Å². The third kappa shape index (κ3) is 1.76. The number of H-pyrrole nitrogens is 1. The van der Waals surface area contributed by atoms with E-state index in [-0.39, 0.29) is 6.04 Å². The lowest BCUT2D eigenvalue weighted by Gasteiger charge is -2.25. The van der Waals surface area contributed by atoms with Crippen LogP contribution in [-0.4, -0.2) is 40.0 Å². The van der Waals surface area contributed by atoms with Gasteiger partial charge in [-0.05, 0) is 37.8 Å². The van der Waals surface area contributed by atoms with E-state index >= 15 is 0 Å². The number of fused-ring (bicyclic) bond motifs is 2. The molecule has 0 amide bonds. The Morgan fingerprint density at radius 3 is 2.88 bits per heavy atom. The summed E-state index contributed by atoms with van der Waals surface area (Å²) in [6, 6.07) is 0.274. The molecule has 3 N–H and O–H groups in total. The Kier molecular flexibility index (Phi) is 2.96. The maximum atomic E-state index is 14.5. The lowest BCUT2D eigenvalue weighted by atomic mass is 9.92. The van der Waals surface area contributed by atoms with Crippen molar-refractivity contribution >= 4 is 16.9 Å². The average Bonchev–Trinajstić information content (AvgIpc) is 3.04. The summed E-state index contributed by atoms with van der Waals surface area (Å²) in [6.45, 7) is 1.90. The van der Waals surface area contributed by atoms with Gasteiger partial charge in [0.25, 0.3) is 5.92 Å². The number of anilines is 1. The van der Waals surface area contributed by atoms with Gasteiger partial charge in [-0.15, -0.1) is 0 Å². The fourth-order valence-corrected chi connectivity index (χ4v) is 4.98. The minimum atomic E-state index is -2.60. The molecule has 3 fully saturated rings. The van der Waals surface area contributed by atoms with Crippen LogP contribution in [0.2, 0.25) is 0 Å². The molecule has 7 heteroatoms. The number of nitrogens with zero attached hydrogens (tertiary/aromatic N) is 2. The van der Waals surface area contributed by atoms with Crippen LogP contribution in [0, 0.1) is 5.92 Å². The van der Waals surface area contributed by atoms with Crippen molar-refractivity contribution in [1.29, 1.82) is 0 Å². The lowest BCUT2D eigenvalue weighted by Crippen LogP contribution is -2.38. The first-order valence-corrected chi connectivity index (χ1v) is 8.82. The van der Waals surface area contributed by atoms with Gasteiger partial charge < -0.3 is 15.6 Å². The summed E-state index contributed by atoms with van der Waals surface area (Å²) < 4.78 is 29.0. The molecule has 0 spiro atoms. The van der Waals surface area contributed by atoms with E-state index in [4.69, 9.17) is 0 Å². The van der Waals surface area contributed by atoms with E-state index in [0.717, 1.165) is 37.7 Å². The first-order chi connectivity index (χ1) is 11.6. The Balaban J connectivity index is 1.58. The van der Waals surface area contributed by atoms with E-state index in [1.807, 2.05) is 0 Å². The number of hydrogen-bond donors (Lipinski definition) is 3. The van der Waals surface area contributed by atoms with Crippen molar-refractivity contribution in [3.63, 3.8) is 0 Å². The lowest BCUT2D eigenvalue weighted by molar-refractivity contribution is 0.0642. The third-order valence-electron chi connectivity index (χ3n) is 6.20. The Hall–Kier alpha value is -1.76. The Morgan fingerprint density at radius 2 is 2.12 bits per heavy atom. The number of alkyl halides is 2. The second-order valence-electron chi connectivity index (χ2n) is 7.37. The van der Waals surface area contributed by atoms with E-state index < -0.39 is 17.3 Å². The minimum Gasteiger partial charge on any atom is -0.365 e. The molecule has 3 aliphatic rings. The van der Waals surface area contributed by atoms with Crippen LogP contribution in [-0.2, 0) is 5.41 Å². The van der Waals surface area contributed by atoms with Crippen LogP contribution in [0.15, 0.2) is 12.5 Å². The number of aromatic nitrogens is 3. The summed E-state index contributed by atoms with van der Waals surface area (Å²) in [5, 5.41) is 7.58. The molecule has 1 saturated heterocycles. The summed E-state index contributed by atoms with van der Waals surface area (Å²) in [6.07, 6.45) is 7.44. The second-order valence-corrected chi connectivity index (χ2v) is 7.37. The van der Waals surface area contributed by atoms with Gasteiger partial charge in [0.05, 0.1) is 10.8 Å². The molecular weight excluding hydrogens is 312 g/mol. The summed E-state index contributed by atoms with van der Waals surface area (Å²) in [5.41, 5.74) is 0.350. The largest absolute Gasteiger partial charge is 0.365 e. The molecule has 2 aliphatic carbocycles. The van der Waals surface area contributed by atoms with Crippen molar-refractivity contribution < 1.29 is 8.78 Å². The first-order valence-electron chi connectivity index (χ1n) is 8.82. The van der Waals surface area contributed by atoms with Gasteiger partial charge in [-0.1, -0.05) is 6.42 Å². The molecule has 2 aromatic heterocycles. The van der Waals surface area contributed by atoms with Crippen LogP contribution >= 0.6 is 0 Å². The Morgan fingerprint density at radius 1 is 1.21 bits per heavy atom. The topological polar surface area (TPSA) is 65.6 Å². The molecule has 1 aliphatic heterocycles. The van der Waals surface area contributed by atoms with Crippen LogP contribution in [0.25, 0.3) is 11.0 Å². The molecule has 3 heterocycles. The molecule has 2 aromatic rings. The number of rotatable bonds is 3. The standard InChI is InChI=1S/C17H21F2N5/c18-17(19)12-4-1-5-16(12,17)11-8-21-14-13(11)15(23-9-22-14)24-10-3-2-6-20-7-10/h8-10,12,20H,1-7H2,(H2,21,22,23,24)/t10-,12?,16?/m1/s1.